The Hall–Kier alpha value is -3.17. The van der Waals surface area contributed by atoms with Crippen LogP contribution >= 0.6 is 11.6 Å². The number of nitrogens with one attached hydrogen (secondary N) is 1. The minimum absolute atomic E-state index is 0.0885. The lowest BCUT2D eigenvalue weighted by Gasteiger charge is -2.34. The van der Waals surface area contributed by atoms with Crippen molar-refractivity contribution in [2.45, 2.75) is 38.3 Å². The maximum absolute atomic E-state index is 14.1. The summed E-state index contributed by atoms with van der Waals surface area (Å²) in [5, 5.41) is 3.63. The lowest BCUT2D eigenvalue weighted by Crippen LogP contribution is -2.40. The molecule has 0 bridgehead atoms. The Morgan fingerprint density at radius 1 is 1.10 bits per heavy atom. The predicted molar refractivity (Wildman–Crippen MR) is 150 cm³/mol. The topological polar surface area (TPSA) is 103 Å². The molecule has 4 rings (SSSR count). The van der Waals surface area contributed by atoms with Gasteiger partial charge in [-0.3, -0.25) is 4.90 Å². The van der Waals surface area contributed by atoms with Crippen molar-refractivity contribution in [1.82, 2.24) is 10.2 Å². The number of carbonyl (C=O) groups excluding carboxylic acids is 2. The molecule has 0 radical (unpaired) electrons. The Kier molecular flexibility index (Phi) is 9.45. The minimum Gasteiger partial charge on any atom is -0.466 e. The zero-order valence-corrected chi connectivity index (χ0v) is 23.4. The third kappa shape index (κ3) is 6.70. The molecule has 1 fully saturated rings. The van der Waals surface area contributed by atoms with Crippen molar-refractivity contribution < 1.29 is 23.8 Å². The van der Waals surface area contributed by atoms with Crippen LogP contribution in [0.1, 0.15) is 37.3 Å². The van der Waals surface area contributed by atoms with Crippen LogP contribution in [0.3, 0.4) is 0 Å². The number of halogens is 1. The highest BCUT2D eigenvalue weighted by molar-refractivity contribution is 6.31. The summed E-state index contributed by atoms with van der Waals surface area (Å²) < 4.78 is 17.1. The Morgan fingerprint density at radius 2 is 1.82 bits per heavy atom. The molecule has 0 aromatic heterocycles. The number of esters is 2. The molecule has 0 spiro atoms. The molecular weight excluding hydrogens is 518 g/mol. The van der Waals surface area contributed by atoms with Gasteiger partial charge in [-0.05, 0) is 31.0 Å². The predicted octanol–water partition coefficient (Wildman–Crippen LogP) is 3.91. The second-order valence-corrected chi connectivity index (χ2v) is 10.5. The molecule has 2 aliphatic rings. The van der Waals surface area contributed by atoms with Crippen molar-refractivity contribution in [2.24, 2.45) is 5.73 Å². The van der Waals surface area contributed by atoms with Crippen molar-refractivity contribution in [1.29, 1.82) is 0 Å². The standard InChI is InChI=1S/C30H36ClN3O5/c1-20-25(28(35)37-3)26(22-11-7-8-12-23(22)31)27(24(33-20)18-38-16-14-32)29(36)39-30(2)13-15-34(19-30)17-21-9-5-4-6-10-21/h4-12,26,33H,13-19,32H2,1-3H3/t26-,30-/m0/s1. The molecule has 2 aliphatic heterocycles. The van der Waals surface area contributed by atoms with E-state index in [4.69, 9.17) is 31.5 Å². The molecule has 9 heteroatoms. The van der Waals surface area contributed by atoms with Crippen LogP contribution in [0.25, 0.3) is 0 Å². The summed E-state index contributed by atoms with van der Waals surface area (Å²) in [6.45, 7) is 6.59. The maximum atomic E-state index is 14.1. The van der Waals surface area contributed by atoms with Crippen molar-refractivity contribution in [3.63, 3.8) is 0 Å². The van der Waals surface area contributed by atoms with Gasteiger partial charge in [-0.25, -0.2) is 9.59 Å². The Balaban J connectivity index is 1.68. The smallest absolute Gasteiger partial charge is 0.337 e. The number of hydrogen-bond donors (Lipinski definition) is 2. The molecule has 2 heterocycles. The summed E-state index contributed by atoms with van der Waals surface area (Å²) >= 11 is 6.63. The number of dihydropyridines is 1. The van der Waals surface area contributed by atoms with Gasteiger partial charge < -0.3 is 25.3 Å². The summed E-state index contributed by atoms with van der Waals surface area (Å²) in [6.07, 6.45) is 0.681. The Labute approximate surface area is 234 Å². The van der Waals surface area contributed by atoms with Gasteiger partial charge >= 0.3 is 11.9 Å². The number of hydrogen-bond acceptors (Lipinski definition) is 8. The first-order chi connectivity index (χ1) is 18.8. The molecule has 0 saturated carbocycles. The first-order valence-electron chi connectivity index (χ1n) is 13.1. The molecule has 2 aromatic rings. The number of nitrogens with two attached hydrogens (primary N) is 1. The van der Waals surface area contributed by atoms with E-state index in [-0.39, 0.29) is 12.2 Å². The monoisotopic (exact) mass is 553 g/mol. The number of benzene rings is 2. The Morgan fingerprint density at radius 3 is 2.51 bits per heavy atom. The number of rotatable bonds is 10. The number of nitrogens with zero attached hydrogens (tertiary/aromatic N) is 1. The lowest BCUT2D eigenvalue weighted by molar-refractivity contribution is -0.152. The van der Waals surface area contributed by atoms with E-state index in [0.717, 1.165) is 13.1 Å². The van der Waals surface area contributed by atoms with E-state index < -0.39 is 23.5 Å². The van der Waals surface area contributed by atoms with Gasteiger partial charge in [0.1, 0.15) is 5.60 Å². The normalized spacial score (nSPS) is 21.6. The van der Waals surface area contributed by atoms with Crippen LogP contribution in [0.4, 0.5) is 0 Å². The summed E-state index contributed by atoms with van der Waals surface area (Å²) in [5.41, 5.74) is 8.35. The van der Waals surface area contributed by atoms with Crippen molar-refractivity contribution in [3.05, 3.63) is 93.3 Å². The van der Waals surface area contributed by atoms with Gasteiger partial charge in [-0.15, -0.1) is 0 Å². The van der Waals surface area contributed by atoms with Crippen LogP contribution in [0.5, 0.6) is 0 Å². The minimum atomic E-state index is -0.804. The van der Waals surface area contributed by atoms with Crippen LogP contribution in [-0.2, 0) is 30.3 Å². The van der Waals surface area contributed by atoms with Crippen LogP contribution in [0, 0.1) is 0 Å². The number of ether oxygens (including phenoxy) is 3. The van der Waals surface area contributed by atoms with Crippen LogP contribution < -0.4 is 11.1 Å². The summed E-state index contributed by atoms with van der Waals surface area (Å²) in [6, 6.07) is 17.4. The van der Waals surface area contributed by atoms with Crippen LogP contribution in [0.15, 0.2) is 77.1 Å². The SMILES string of the molecule is COC(=O)C1=C(C)NC(COCCN)=C(C(=O)O[C@@]2(C)CCN(Cc3ccccc3)C2)[C@H]1c1ccccc1Cl. The maximum Gasteiger partial charge on any atom is 0.337 e. The van der Waals surface area contributed by atoms with Crippen molar-refractivity contribution in [2.75, 3.05) is 40.0 Å². The molecule has 2 aromatic carbocycles. The fourth-order valence-corrected chi connectivity index (χ4v) is 5.52. The van der Waals surface area contributed by atoms with Gasteiger partial charge in [0.2, 0.25) is 0 Å². The van der Waals surface area contributed by atoms with Gasteiger partial charge in [0.15, 0.2) is 0 Å². The van der Waals surface area contributed by atoms with Crippen molar-refractivity contribution in [3.8, 4) is 0 Å². The van der Waals surface area contributed by atoms with Crippen molar-refractivity contribution >= 4 is 23.5 Å². The molecular formula is C30H36ClN3O5. The van der Waals surface area contributed by atoms with Crippen LogP contribution in [0.2, 0.25) is 5.02 Å². The zero-order chi connectivity index (χ0) is 28.0. The van der Waals surface area contributed by atoms with Gasteiger partial charge in [0.25, 0.3) is 0 Å². The van der Waals surface area contributed by atoms with Gasteiger partial charge in [-0.1, -0.05) is 60.1 Å². The molecule has 208 valence electrons. The molecule has 0 unspecified atom stereocenters. The molecule has 3 N–H and O–H groups in total. The summed E-state index contributed by atoms with van der Waals surface area (Å²) in [5.74, 6) is -1.89. The highest BCUT2D eigenvalue weighted by Crippen LogP contribution is 2.42. The zero-order valence-electron chi connectivity index (χ0n) is 22.7. The van der Waals surface area contributed by atoms with E-state index in [1.165, 1.54) is 12.7 Å². The average molecular weight is 554 g/mol. The van der Waals surface area contributed by atoms with Crippen LogP contribution in [-0.4, -0.2) is 62.4 Å². The number of allylic oxidation sites excluding steroid dienone is 1. The number of carbonyl (C=O) groups is 2. The third-order valence-electron chi connectivity index (χ3n) is 7.10. The van der Waals surface area contributed by atoms with E-state index in [1.54, 1.807) is 25.1 Å². The first kappa shape index (κ1) is 28.8. The molecule has 39 heavy (non-hydrogen) atoms. The highest BCUT2D eigenvalue weighted by atomic mass is 35.5. The molecule has 2 atom stereocenters. The summed E-state index contributed by atoms with van der Waals surface area (Å²) in [7, 11) is 1.31. The second kappa shape index (κ2) is 12.8. The third-order valence-corrected chi connectivity index (χ3v) is 7.44. The van der Waals surface area contributed by atoms with Gasteiger partial charge in [-0.2, -0.15) is 0 Å². The van der Waals surface area contributed by atoms with Gasteiger partial charge in [0.05, 0.1) is 43.1 Å². The van der Waals surface area contributed by atoms with E-state index in [2.05, 4.69) is 22.3 Å². The van der Waals surface area contributed by atoms with Gasteiger partial charge in [0, 0.05) is 43.3 Å². The van der Waals surface area contributed by atoms with E-state index in [9.17, 15) is 9.59 Å². The molecule has 0 aliphatic carbocycles. The summed E-state index contributed by atoms with van der Waals surface area (Å²) in [4.78, 5) is 29.4. The lowest BCUT2D eigenvalue weighted by atomic mass is 9.80. The molecule has 1 saturated heterocycles. The molecule has 8 nitrogen and oxygen atoms in total. The largest absolute Gasteiger partial charge is 0.466 e. The average Bonchev–Trinajstić information content (AvgIpc) is 3.28. The first-order valence-corrected chi connectivity index (χ1v) is 13.4. The molecule has 0 amide bonds. The second-order valence-electron chi connectivity index (χ2n) is 10.1. The number of likely N-dealkylation sites (tertiary alicyclic amines) is 1. The highest BCUT2D eigenvalue weighted by Gasteiger charge is 2.43. The van der Waals surface area contributed by atoms with E-state index >= 15 is 0 Å². The quantitative estimate of drug-likeness (QED) is 0.337. The van der Waals surface area contributed by atoms with E-state index in [0.29, 0.717) is 53.7 Å². The fraction of sp³-hybridized carbons (Fsp3) is 0.400. The van der Waals surface area contributed by atoms with E-state index in [1.807, 2.05) is 31.2 Å². The fourth-order valence-electron chi connectivity index (χ4n) is 5.27. The number of methoxy groups -OCH3 is 1. The Bertz CT molecular complexity index is 1260.